The summed E-state index contributed by atoms with van der Waals surface area (Å²) in [5.74, 6) is 0. The fourth-order valence-electron chi connectivity index (χ4n) is 3.37. The zero-order chi connectivity index (χ0) is 17.8. The number of nitrogens with zero attached hydrogens (tertiary/aromatic N) is 2. The van der Waals surface area contributed by atoms with Gasteiger partial charge in [-0.1, -0.05) is 13.8 Å². The third kappa shape index (κ3) is 1.89. The molecule has 6 nitrogen and oxygen atoms in total. The number of aromatic nitrogens is 2. The first-order valence-corrected chi connectivity index (χ1v) is 8.23. The lowest BCUT2D eigenvalue weighted by molar-refractivity contribution is 0.282. The Morgan fingerprint density at radius 1 is 0.750 bits per heavy atom. The van der Waals surface area contributed by atoms with Gasteiger partial charge in [-0.2, -0.15) is 0 Å². The van der Waals surface area contributed by atoms with Gasteiger partial charge in [-0.3, -0.25) is 28.3 Å². The Morgan fingerprint density at radius 2 is 1.12 bits per heavy atom. The molecule has 0 spiro atoms. The van der Waals surface area contributed by atoms with E-state index in [-0.39, 0.29) is 39.2 Å². The third-order valence-electron chi connectivity index (χ3n) is 5.36. The van der Waals surface area contributed by atoms with Crippen LogP contribution in [0.2, 0.25) is 0 Å². The molecule has 0 aliphatic carbocycles. The molecule has 126 valence electrons. The topological polar surface area (TPSA) is 78.1 Å². The monoisotopic (exact) mass is 328 g/mol. The van der Waals surface area contributed by atoms with Crippen LogP contribution >= 0.6 is 0 Å². The number of fused-ring (bicyclic) bond motifs is 2. The maximum atomic E-state index is 12.8. The van der Waals surface area contributed by atoms with Crippen LogP contribution < -0.4 is 22.2 Å². The zero-order valence-corrected chi connectivity index (χ0v) is 14.3. The highest BCUT2D eigenvalue weighted by atomic mass is 16.2. The predicted octanol–water partition coefficient (Wildman–Crippen LogP) is 1.47. The first-order valence-electron chi connectivity index (χ1n) is 8.23. The maximum absolute atomic E-state index is 12.8. The Morgan fingerprint density at radius 3 is 1.46 bits per heavy atom. The van der Waals surface area contributed by atoms with E-state index in [1.165, 1.54) is 16.7 Å². The van der Waals surface area contributed by atoms with Gasteiger partial charge in [-0.05, 0) is 38.8 Å². The summed E-state index contributed by atoms with van der Waals surface area (Å²) in [6.07, 6.45) is 1.27. The van der Waals surface area contributed by atoms with Gasteiger partial charge in [0, 0.05) is 12.1 Å². The van der Waals surface area contributed by atoms with Crippen molar-refractivity contribution in [3.05, 3.63) is 53.5 Å². The molecule has 0 saturated carbocycles. The molecule has 2 aromatic heterocycles. The van der Waals surface area contributed by atoms with Crippen molar-refractivity contribution in [2.24, 2.45) is 0 Å². The lowest BCUT2D eigenvalue weighted by atomic mass is 9.95. The fraction of sp³-hybridized carbons (Fsp3) is 0.444. The van der Waals surface area contributed by atoms with Gasteiger partial charge in [0.1, 0.15) is 0 Å². The van der Waals surface area contributed by atoms with Crippen LogP contribution in [0.5, 0.6) is 0 Å². The van der Waals surface area contributed by atoms with Crippen molar-refractivity contribution in [1.82, 2.24) is 9.13 Å². The van der Waals surface area contributed by atoms with Gasteiger partial charge < -0.3 is 0 Å². The van der Waals surface area contributed by atoms with Crippen molar-refractivity contribution in [1.29, 1.82) is 0 Å². The van der Waals surface area contributed by atoms with Crippen molar-refractivity contribution in [2.45, 2.75) is 52.6 Å². The highest BCUT2D eigenvalue weighted by Gasteiger charge is 2.29. The van der Waals surface area contributed by atoms with Crippen molar-refractivity contribution >= 4 is 21.5 Å². The lowest BCUT2D eigenvalue weighted by Crippen LogP contribution is -2.42. The van der Waals surface area contributed by atoms with Crippen molar-refractivity contribution in [3.8, 4) is 0 Å². The van der Waals surface area contributed by atoms with Gasteiger partial charge in [0.15, 0.2) is 0 Å². The van der Waals surface area contributed by atoms with Crippen LogP contribution in [0.25, 0.3) is 21.5 Å². The number of benzene rings is 1. The quantitative estimate of drug-likeness (QED) is 0.726. The molecule has 3 rings (SSSR count). The number of hydrogen-bond donors (Lipinski definition) is 0. The van der Waals surface area contributed by atoms with Crippen LogP contribution in [0.1, 0.15) is 40.5 Å². The molecule has 0 fully saturated rings. The molecule has 0 N–H and O–H groups in total. The molecule has 0 saturated heterocycles. The van der Waals surface area contributed by atoms with E-state index in [9.17, 15) is 19.2 Å². The first-order chi connectivity index (χ1) is 11.3. The largest absolute Gasteiger partial charge is 0.275 e. The average Bonchev–Trinajstić information content (AvgIpc) is 2.97. The van der Waals surface area contributed by atoms with Gasteiger partial charge in [-0.25, -0.2) is 0 Å². The van der Waals surface area contributed by atoms with Gasteiger partial charge in [-0.15, -0.1) is 0 Å². The van der Waals surface area contributed by atoms with E-state index in [0.717, 1.165) is 4.57 Å². The second-order valence-electron chi connectivity index (χ2n) is 6.45. The summed E-state index contributed by atoms with van der Waals surface area (Å²) in [6.45, 7) is 7.70. The summed E-state index contributed by atoms with van der Waals surface area (Å²) >= 11 is 0. The molecule has 0 aliphatic rings. The predicted molar refractivity (Wildman–Crippen MR) is 94.8 cm³/mol. The van der Waals surface area contributed by atoms with E-state index in [1.54, 1.807) is 6.92 Å². The number of rotatable bonds is 4. The van der Waals surface area contributed by atoms with E-state index in [2.05, 4.69) is 0 Å². The maximum Gasteiger partial charge on any atom is 0.262 e. The van der Waals surface area contributed by atoms with Crippen LogP contribution in [0.4, 0.5) is 0 Å². The lowest BCUT2D eigenvalue weighted by Gasteiger charge is -2.27. The Kier molecular flexibility index (Phi) is 3.59. The van der Waals surface area contributed by atoms with Crippen molar-refractivity contribution in [3.63, 3.8) is 0 Å². The summed E-state index contributed by atoms with van der Waals surface area (Å²) in [5, 5.41) is 0.841. The van der Waals surface area contributed by atoms with E-state index < -0.39 is 16.7 Å². The molecular weight excluding hydrogens is 308 g/mol. The molecule has 2 heterocycles. The van der Waals surface area contributed by atoms with Gasteiger partial charge in [0.25, 0.3) is 22.2 Å². The summed E-state index contributed by atoms with van der Waals surface area (Å²) in [6, 6.07) is 2.82. The summed E-state index contributed by atoms with van der Waals surface area (Å²) in [7, 11) is 0. The standard InChI is InChI=1S/C18H20N2O4/c1-5-18(4,6-2)20-16(23)12-8-10-11(9-13(12)17(20)24)15(22)19(7-3)14(10)21/h8-9H,5-7H2,1-4H3. The molecule has 1 aromatic carbocycles. The van der Waals surface area contributed by atoms with Crippen molar-refractivity contribution < 1.29 is 0 Å². The average molecular weight is 328 g/mol. The minimum atomic E-state index is -0.582. The van der Waals surface area contributed by atoms with Crippen LogP contribution in [0.15, 0.2) is 31.3 Å². The fourth-order valence-corrected chi connectivity index (χ4v) is 3.37. The molecule has 0 radical (unpaired) electrons. The Hall–Kier alpha value is -2.50. The Balaban J connectivity index is 2.53. The first kappa shape index (κ1) is 16.4. The normalized spacial score (nSPS) is 12.5. The third-order valence-corrected chi connectivity index (χ3v) is 5.36. The van der Waals surface area contributed by atoms with Crippen molar-refractivity contribution in [2.75, 3.05) is 0 Å². The molecule has 0 aliphatic heterocycles. The van der Waals surface area contributed by atoms with E-state index >= 15 is 0 Å². The SMILES string of the molecule is CCn1c(=O)c2cc3c(=O)n(C(C)(CC)CC)c(=O)c3cc2c1=O. The van der Waals surface area contributed by atoms with Gasteiger partial charge >= 0.3 is 0 Å². The summed E-state index contributed by atoms with van der Waals surface area (Å²) in [4.78, 5) is 50.2. The van der Waals surface area contributed by atoms with Gasteiger partial charge in [0.2, 0.25) is 0 Å². The molecule has 6 heteroatoms. The molecule has 0 unspecified atom stereocenters. The molecular formula is C18H20N2O4. The Bertz CT molecular complexity index is 1070. The molecule has 0 atom stereocenters. The molecule has 0 amide bonds. The second kappa shape index (κ2) is 5.26. The molecule has 0 bridgehead atoms. The minimum Gasteiger partial charge on any atom is -0.275 e. The number of hydrogen-bond acceptors (Lipinski definition) is 4. The van der Waals surface area contributed by atoms with Crippen LogP contribution in [0, 0.1) is 0 Å². The molecule has 3 aromatic rings. The van der Waals surface area contributed by atoms with Crippen LogP contribution in [-0.4, -0.2) is 9.13 Å². The van der Waals surface area contributed by atoms with Gasteiger partial charge in [0.05, 0.1) is 21.5 Å². The summed E-state index contributed by atoms with van der Waals surface area (Å²) < 4.78 is 2.40. The van der Waals surface area contributed by atoms with E-state index in [1.807, 2.05) is 20.8 Å². The highest BCUT2D eigenvalue weighted by Crippen LogP contribution is 2.23. The smallest absolute Gasteiger partial charge is 0.262 e. The van der Waals surface area contributed by atoms with E-state index in [0.29, 0.717) is 12.8 Å². The van der Waals surface area contributed by atoms with Crippen LogP contribution in [-0.2, 0) is 12.1 Å². The zero-order valence-electron chi connectivity index (χ0n) is 14.3. The van der Waals surface area contributed by atoms with E-state index in [4.69, 9.17) is 0 Å². The highest BCUT2D eigenvalue weighted by molar-refractivity contribution is 5.97. The Labute approximate surface area is 137 Å². The summed E-state index contributed by atoms with van der Waals surface area (Å²) in [5.41, 5.74) is -2.18. The van der Waals surface area contributed by atoms with Crippen LogP contribution in [0.3, 0.4) is 0 Å². The second-order valence-corrected chi connectivity index (χ2v) is 6.45. The molecule has 24 heavy (non-hydrogen) atoms. The minimum absolute atomic E-state index is 0.207.